The molecule has 0 saturated heterocycles. The van der Waals surface area contributed by atoms with E-state index in [4.69, 9.17) is 0 Å². The Balaban J connectivity index is 1.83. The predicted octanol–water partition coefficient (Wildman–Crippen LogP) is 2.91. The second-order valence-corrected chi connectivity index (χ2v) is 5.27. The highest BCUT2D eigenvalue weighted by Crippen LogP contribution is 2.14. The Morgan fingerprint density at radius 3 is 2.83 bits per heavy atom. The number of thiazole rings is 1. The van der Waals surface area contributed by atoms with Crippen LogP contribution in [0.1, 0.15) is 29.6 Å². The third kappa shape index (κ3) is 3.00. The lowest BCUT2D eigenvalue weighted by molar-refractivity contribution is 0.668. The molecule has 0 saturated carbocycles. The van der Waals surface area contributed by atoms with Crippen molar-refractivity contribution in [2.24, 2.45) is 0 Å². The SMILES string of the molecule is CCn1c(C)cc(CNCCc2cscn2)c1C. The topological polar surface area (TPSA) is 29.9 Å². The molecular weight excluding hydrogens is 242 g/mol. The van der Waals surface area contributed by atoms with E-state index in [-0.39, 0.29) is 0 Å². The van der Waals surface area contributed by atoms with Crippen LogP contribution in [0.25, 0.3) is 0 Å². The van der Waals surface area contributed by atoms with Gasteiger partial charge in [0, 0.05) is 42.8 Å². The molecule has 2 aromatic rings. The van der Waals surface area contributed by atoms with Crippen molar-refractivity contribution in [3.8, 4) is 0 Å². The summed E-state index contributed by atoms with van der Waals surface area (Å²) in [4.78, 5) is 4.28. The minimum atomic E-state index is 0.948. The van der Waals surface area contributed by atoms with Crippen molar-refractivity contribution >= 4 is 11.3 Å². The number of nitrogens with zero attached hydrogens (tertiary/aromatic N) is 2. The van der Waals surface area contributed by atoms with Gasteiger partial charge in [0.25, 0.3) is 0 Å². The molecule has 0 unspecified atom stereocenters. The number of hydrogen-bond acceptors (Lipinski definition) is 3. The van der Waals surface area contributed by atoms with Gasteiger partial charge in [-0.25, -0.2) is 4.98 Å². The van der Waals surface area contributed by atoms with Crippen LogP contribution in [0.4, 0.5) is 0 Å². The molecule has 1 N–H and O–H groups in total. The van der Waals surface area contributed by atoms with Crippen LogP contribution in [-0.4, -0.2) is 16.1 Å². The van der Waals surface area contributed by atoms with Crippen molar-refractivity contribution < 1.29 is 0 Å². The van der Waals surface area contributed by atoms with Crippen LogP contribution < -0.4 is 5.32 Å². The molecular formula is C14H21N3S. The summed E-state index contributed by atoms with van der Waals surface area (Å²) in [6, 6.07) is 2.29. The Morgan fingerprint density at radius 2 is 2.22 bits per heavy atom. The molecule has 0 amide bonds. The molecule has 2 aromatic heterocycles. The maximum absolute atomic E-state index is 4.28. The molecule has 0 aromatic carbocycles. The molecule has 0 spiro atoms. The van der Waals surface area contributed by atoms with E-state index in [2.05, 4.69) is 47.1 Å². The summed E-state index contributed by atoms with van der Waals surface area (Å²) in [5.74, 6) is 0. The van der Waals surface area contributed by atoms with Gasteiger partial charge in [-0.2, -0.15) is 0 Å². The van der Waals surface area contributed by atoms with Gasteiger partial charge in [-0.05, 0) is 32.4 Å². The third-order valence-electron chi connectivity index (χ3n) is 3.35. The summed E-state index contributed by atoms with van der Waals surface area (Å²) in [6.45, 7) is 9.56. The number of aromatic nitrogens is 2. The first-order valence-corrected chi connectivity index (χ1v) is 7.40. The van der Waals surface area contributed by atoms with E-state index >= 15 is 0 Å². The second-order valence-electron chi connectivity index (χ2n) is 4.55. The smallest absolute Gasteiger partial charge is 0.0794 e. The normalized spacial score (nSPS) is 11.1. The summed E-state index contributed by atoms with van der Waals surface area (Å²) in [5, 5.41) is 5.61. The van der Waals surface area contributed by atoms with Gasteiger partial charge >= 0.3 is 0 Å². The van der Waals surface area contributed by atoms with E-state index in [0.717, 1.165) is 26.1 Å². The van der Waals surface area contributed by atoms with Crippen molar-refractivity contribution in [2.75, 3.05) is 6.54 Å². The maximum atomic E-state index is 4.28. The Hall–Kier alpha value is -1.13. The van der Waals surface area contributed by atoms with Gasteiger partial charge in [0.2, 0.25) is 0 Å². The number of aryl methyl sites for hydroxylation is 1. The fourth-order valence-electron chi connectivity index (χ4n) is 2.34. The van der Waals surface area contributed by atoms with Crippen LogP contribution in [0.2, 0.25) is 0 Å². The monoisotopic (exact) mass is 263 g/mol. The van der Waals surface area contributed by atoms with Crippen molar-refractivity contribution in [3.63, 3.8) is 0 Å². The van der Waals surface area contributed by atoms with Gasteiger partial charge in [-0.1, -0.05) is 0 Å². The molecule has 0 bridgehead atoms. The first kappa shape index (κ1) is 13.3. The first-order valence-electron chi connectivity index (χ1n) is 6.45. The lowest BCUT2D eigenvalue weighted by Gasteiger charge is -2.07. The van der Waals surface area contributed by atoms with E-state index in [0.29, 0.717) is 0 Å². The molecule has 0 aliphatic heterocycles. The summed E-state index contributed by atoms with van der Waals surface area (Å²) < 4.78 is 2.36. The van der Waals surface area contributed by atoms with Crippen LogP contribution in [0.3, 0.4) is 0 Å². The van der Waals surface area contributed by atoms with Gasteiger partial charge in [0.15, 0.2) is 0 Å². The largest absolute Gasteiger partial charge is 0.349 e. The molecule has 0 aliphatic carbocycles. The summed E-state index contributed by atoms with van der Waals surface area (Å²) in [7, 11) is 0. The third-order valence-corrected chi connectivity index (χ3v) is 3.99. The minimum absolute atomic E-state index is 0.948. The molecule has 0 radical (unpaired) electrons. The molecule has 18 heavy (non-hydrogen) atoms. The Labute approximate surface area is 113 Å². The second kappa shape index (κ2) is 6.16. The van der Waals surface area contributed by atoms with Crippen LogP contribution in [0.15, 0.2) is 17.0 Å². The zero-order valence-electron chi connectivity index (χ0n) is 11.4. The summed E-state index contributed by atoms with van der Waals surface area (Å²) >= 11 is 1.66. The summed E-state index contributed by atoms with van der Waals surface area (Å²) in [5.41, 5.74) is 7.23. The molecule has 2 heterocycles. The van der Waals surface area contributed by atoms with E-state index in [1.807, 2.05) is 5.51 Å². The quantitative estimate of drug-likeness (QED) is 0.812. The fourth-order valence-corrected chi connectivity index (χ4v) is 2.93. The zero-order valence-corrected chi connectivity index (χ0v) is 12.2. The van der Waals surface area contributed by atoms with E-state index in [9.17, 15) is 0 Å². The number of nitrogens with one attached hydrogen (secondary N) is 1. The Bertz CT molecular complexity index is 485. The maximum Gasteiger partial charge on any atom is 0.0794 e. The van der Waals surface area contributed by atoms with Gasteiger partial charge < -0.3 is 9.88 Å². The average molecular weight is 263 g/mol. The van der Waals surface area contributed by atoms with E-state index in [1.165, 1.54) is 22.6 Å². The fraction of sp³-hybridized carbons (Fsp3) is 0.500. The van der Waals surface area contributed by atoms with Gasteiger partial charge in [0.05, 0.1) is 11.2 Å². The lowest BCUT2D eigenvalue weighted by atomic mass is 10.2. The highest BCUT2D eigenvalue weighted by Gasteiger charge is 2.06. The first-order chi connectivity index (χ1) is 8.72. The molecule has 4 heteroatoms. The highest BCUT2D eigenvalue weighted by atomic mass is 32.1. The van der Waals surface area contributed by atoms with Crippen molar-refractivity contribution in [1.82, 2.24) is 14.9 Å². The van der Waals surface area contributed by atoms with Crippen LogP contribution in [0, 0.1) is 13.8 Å². The average Bonchev–Trinajstić information content (AvgIpc) is 2.94. The zero-order chi connectivity index (χ0) is 13.0. The Morgan fingerprint density at radius 1 is 1.39 bits per heavy atom. The minimum Gasteiger partial charge on any atom is -0.349 e. The van der Waals surface area contributed by atoms with Crippen molar-refractivity contribution in [1.29, 1.82) is 0 Å². The molecule has 0 fully saturated rings. The standard InChI is InChI=1S/C14H21N3S/c1-4-17-11(2)7-13(12(17)3)8-15-6-5-14-9-18-10-16-14/h7,9-10,15H,4-6,8H2,1-3H3. The molecule has 3 nitrogen and oxygen atoms in total. The van der Waals surface area contributed by atoms with Gasteiger partial charge in [-0.15, -0.1) is 11.3 Å². The van der Waals surface area contributed by atoms with Crippen LogP contribution in [-0.2, 0) is 19.5 Å². The van der Waals surface area contributed by atoms with Gasteiger partial charge in [0.1, 0.15) is 0 Å². The lowest BCUT2D eigenvalue weighted by Crippen LogP contribution is -2.17. The van der Waals surface area contributed by atoms with Crippen LogP contribution in [0.5, 0.6) is 0 Å². The van der Waals surface area contributed by atoms with Crippen LogP contribution >= 0.6 is 11.3 Å². The number of hydrogen-bond donors (Lipinski definition) is 1. The highest BCUT2D eigenvalue weighted by molar-refractivity contribution is 7.07. The van der Waals surface area contributed by atoms with Crippen molar-refractivity contribution in [3.05, 3.63) is 39.6 Å². The van der Waals surface area contributed by atoms with E-state index in [1.54, 1.807) is 11.3 Å². The van der Waals surface area contributed by atoms with E-state index < -0.39 is 0 Å². The van der Waals surface area contributed by atoms with Crippen molar-refractivity contribution in [2.45, 2.75) is 40.3 Å². The molecule has 2 rings (SSSR count). The predicted molar refractivity (Wildman–Crippen MR) is 77.1 cm³/mol. The molecule has 0 aliphatic rings. The number of rotatable bonds is 6. The molecule has 0 atom stereocenters. The van der Waals surface area contributed by atoms with Gasteiger partial charge in [-0.3, -0.25) is 0 Å². The Kier molecular flexibility index (Phi) is 4.55. The molecule has 98 valence electrons. The summed E-state index contributed by atoms with van der Waals surface area (Å²) in [6.07, 6.45) is 1.01.